The van der Waals surface area contributed by atoms with Gasteiger partial charge in [-0.3, -0.25) is 0 Å². The van der Waals surface area contributed by atoms with Crippen molar-refractivity contribution < 1.29 is 23.0 Å². The van der Waals surface area contributed by atoms with Crippen LogP contribution < -0.4 is 9.47 Å². The van der Waals surface area contributed by atoms with Crippen molar-refractivity contribution in [2.75, 3.05) is 7.11 Å². The van der Waals surface area contributed by atoms with E-state index in [1.807, 2.05) is 0 Å². The van der Waals surface area contributed by atoms with Gasteiger partial charge in [-0.15, -0.1) is 0 Å². The smallest absolute Gasteiger partial charge is 0.343 e. The Morgan fingerprint density at radius 1 is 0.800 bits per heavy atom. The molecular weight excluding hydrogens is 326 g/mol. The zero-order chi connectivity index (χ0) is 17.8. The Balaban J connectivity index is 1.84. The normalized spacial score (nSPS) is 10.4. The molecule has 3 rings (SSSR count). The van der Waals surface area contributed by atoms with Crippen LogP contribution in [-0.4, -0.2) is 13.1 Å². The van der Waals surface area contributed by atoms with Gasteiger partial charge in [-0.1, -0.05) is 30.3 Å². The molecule has 5 heteroatoms. The minimum atomic E-state index is -0.710. The van der Waals surface area contributed by atoms with Crippen LogP contribution in [0.3, 0.4) is 0 Å². The number of ether oxygens (including phenoxy) is 2. The maximum absolute atomic E-state index is 14.3. The summed E-state index contributed by atoms with van der Waals surface area (Å²) in [4.78, 5) is 12.0. The van der Waals surface area contributed by atoms with Crippen molar-refractivity contribution in [1.29, 1.82) is 0 Å². The fraction of sp³-hybridized carbons (Fsp3) is 0.0500. The third-order valence-corrected chi connectivity index (χ3v) is 3.63. The number of methoxy groups -OCH3 is 1. The zero-order valence-electron chi connectivity index (χ0n) is 13.3. The van der Waals surface area contributed by atoms with Gasteiger partial charge in [0.1, 0.15) is 0 Å². The molecule has 0 aliphatic heterocycles. The van der Waals surface area contributed by atoms with Crippen molar-refractivity contribution >= 4 is 5.97 Å². The van der Waals surface area contributed by atoms with Gasteiger partial charge in [-0.05, 0) is 47.5 Å². The van der Waals surface area contributed by atoms with E-state index in [-0.39, 0.29) is 11.5 Å². The number of halogens is 2. The highest BCUT2D eigenvalue weighted by Crippen LogP contribution is 2.29. The Bertz CT molecular complexity index is 908. The van der Waals surface area contributed by atoms with Gasteiger partial charge in [-0.25, -0.2) is 13.6 Å². The van der Waals surface area contributed by atoms with E-state index >= 15 is 0 Å². The van der Waals surface area contributed by atoms with Crippen molar-refractivity contribution in [2.24, 2.45) is 0 Å². The zero-order valence-corrected chi connectivity index (χ0v) is 13.3. The highest BCUT2D eigenvalue weighted by molar-refractivity contribution is 5.91. The number of esters is 1. The van der Waals surface area contributed by atoms with Crippen LogP contribution in [0.2, 0.25) is 0 Å². The lowest BCUT2D eigenvalue weighted by molar-refractivity contribution is 0.0728. The number of carbonyl (C=O) groups excluding carboxylic acids is 1. The predicted molar refractivity (Wildman–Crippen MR) is 89.7 cm³/mol. The summed E-state index contributed by atoms with van der Waals surface area (Å²) in [6, 6.07) is 16.7. The van der Waals surface area contributed by atoms with Crippen molar-refractivity contribution in [2.45, 2.75) is 0 Å². The molecule has 0 aromatic heterocycles. The molecule has 0 aliphatic rings. The second-order valence-electron chi connectivity index (χ2n) is 5.25. The Kier molecular flexibility index (Phi) is 4.75. The quantitative estimate of drug-likeness (QED) is 0.503. The number of hydrogen-bond donors (Lipinski definition) is 0. The van der Waals surface area contributed by atoms with E-state index in [2.05, 4.69) is 0 Å². The van der Waals surface area contributed by atoms with Crippen LogP contribution in [0.5, 0.6) is 11.5 Å². The molecule has 0 heterocycles. The van der Waals surface area contributed by atoms with Crippen LogP contribution in [0.15, 0.2) is 66.7 Å². The second-order valence-corrected chi connectivity index (χ2v) is 5.25. The topological polar surface area (TPSA) is 35.5 Å². The first kappa shape index (κ1) is 16.6. The predicted octanol–water partition coefficient (Wildman–Crippen LogP) is 4.86. The molecule has 0 unspecified atom stereocenters. The Hall–Kier alpha value is -3.21. The molecule has 3 aromatic carbocycles. The van der Waals surface area contributed by atoms with Gasteiger partial charge < -0.3 is 9.47 Å². The molecule has 0 aliphatic carbocycles. The highest BCUT2D eigenvalue weighted by atomic mass is 19.1. The number of rotatable bonds is 4. The van der Waals surface area contributed by atoms with Gasteiger partial charge in [-0.2, -0.15) is 0 Å². The van der Waals surface area contributed by atoms with Crippen molar-refractivity contribution in [3.63, 3.8) is 0 Å². The van der Waals surface area contributed by atoms with E-state index in [1.165, 1.54) is 31.4 Å². The van der Waals surface area contributed by atoms with Gasteiger partial charge in [0.15, 0.2) is 23.1 Å². The average molecular weight is 340 g/mol. The van der Waals surface area contributed by atoms with E-state index in [1.54, 1.807) is 42.5 Å². The molecule has 0 N–H and O–H groups in total. The minimum absolute atomic E-state index is 0.109. The monoisotopic (exact) mass is 340 g/mol. The summed E-state index contributed by atoms with van der Waals surface area (Å²) in [5, 5.41) is 0. The van der Waals surface area contributed by atoms with Crippen molar-refractivity contribution in [3.8, 4) is 22.6 Å². The fourth-order valence-electron chi connectivity index (χ4n) is 2.34. The van der Waals surface area contributed by atoms with Crippen LogP contribution in [0.4, 0.5) is 8.78 Å². The van der Waals surface area contributed by atoms with Crippen molar-refractivity contribution in [3.05, 3.63) is 83.9 Å². The average Bonchev–Trinajstić information content (AvgIpc) is 2.64. The molecule has 0 saturated heterocycles. The standard InChI is InChI=1S/C20H14F2O3/c1-24-18-9-7-14(11-16(18)21)15-8-10-19(17(22)12-15)25-20(23)13-5-3-2-4-6-13/h2-12H,1H3. The van der Waals surface area contributed by atoms with Gasteiger partial charge in [0.25, 0.3) is 0 Å². The molecule has 126 valence electrons. The maximum atomic E-state index is 14.3. The van der Waals surface area contributed by atoms with E-state index in [0.717, 1.165) is 0 Å². The van der Waals surface area contributed by atoms with Crippen LogP contribution in [-0.2, 0) is 0 Å². The summed E-state index contributed by atoms with van der Waals surface area (Å²) in [5.41, 5.74) is 1.26. The van der Waals surface area contributed by atoms with E-state index in [4.69, 9.17) is 9.47 Å². The van der Waals surface area contributed by atoms with Crippen LogP contribution >= 0.6 is 0 Å². The lowest BCUT2D eigenvalue weighted by Gasteiger charge is -2.09. The lowest BCUT2D eigenvalue weighted by atomic mass is 10.0. The molecule has 0 spiro atoms. The second kappa shape index (κ2) is 7.13. The van der Waals surface area contributed by atoms with Crippen molar-refractivity contribution in [1.82, 2.24) is 0 Å². The largest absolute Gasteiger partial charge is 0.494 e. The summed E-state index contributed by atoms with van der Waals surface area (Å²) in [6.07, 6.45) is 0. The molecule has 0 bridgehead atoms. The van der Waals surface area contributed by atoms with Gasteiger partial charge in [0.2, 0.25) is 0 Å². The Morgan fingerprint density at radius 2 is 1.36 bits per heavy atom. The first-order chi connectivity index (χ1) is 12.1. The molecule has 0 fully saturated rings. The minimum Gasteiger partial charge on any atom is -0.494 e. The first-order valence-corrected chi connectivity index (χ1v) is 7.49. The first-order valence-electron chi connectivity index (χ1n) is 7.49. The molecule has 0 saturated carbocycles. The molecule has 0 radical (unpaired) electrons. The van der Waals surface area contributed by atoms with E-state index in [9.17, 15) is 13.6 Å². The molecule has 0 amide bonds. The molecule has 25 heavy (non-hydrogen) atoms. The van der Waals surface area contributed by atoms with Gasteiger partial charge >= 0.3 is 5.97 Å². The summed E-state index contributed by atoms with van der Waals surface area (Å²) in [7, 11) is 1.37. The molecule has 3 aromatic rings. The number of benzene rings is 3. The summed E-state index contributed by atoms with van der Waals surface area (Å²) in [5.74, 6) is -1.98. The third-order valence-electron chi connectivity index (χ3n) is 3.63. The van der Waals surface area contributed by atoms with Gasteiger partial charge in [0, 0.05) is 0 Å². The SMILES string of the molecule is COc1ccc(-c2ccc(OC(=O)c3ccccc3)c(F)c2)cc1F. The Labute approximate surface area is 143 Å². The van der Waals surface area contributed by atoms with Crippen LogP contribution in [0, 0.1) is 11.6 Å². The third kappa shape index (κ3) is 3.66. The number of hydrogen-bond acceptors (Lipinski definition) is 3. The summed E-state index contributed by atoms with van der Waals surface area (Å²) < 4.78 is 38.0. The summed E-state index contributed by atoms with van der Waals surface area (Å²) in [6.45, 7) is 0. The van der Waals surface area contributed by atoms with Gasteiger partial charge in [0.05, 0.1) is 12.7 Å². The fourth-order valence-corrected chi connectivity index (χ4v) is 2.34. The van der Waals surface area contributed by atoms with E-state index < -0.39 is 17.6 Å². The van der Waals surface area contributed by atoms with Crippen LogP contribution in [0.1, 0.15) is 10.4 Å². The molecule has 3 nitrogen and oxygen atoms in total. The highest BCUT2D eigenvalue weighted by Gasteiger charge is 2.13. The molecule has 0 atom stereocenters. The lowest BCUT2D eigenvalue weighted by Crippen LogP contribution is -2.09. The maximum Gasteiger partial charge on any atom is 0.343 e. The summed E-state index contributed by atoms with van der Waals surface area (Å²) >= 11 is 0. The van der Waals surface area contributed by atoms with E-state index in [0.29, 0.717) is 16.7 Å². The molecular formula is C20H14F2O3. The number of carbonyl (C=O) groups is 1. The Morgan fingerprint density at radius 3 is 1.88 bits per heavy atom. The van der Waals surface area contributed by atoms with Crippen LogP contribution in [0.25, 0.3) is 11.1 Å².